The van der Waals surface area contributed by atoms with Crippen molar-refractivity contribution in [3.63, 3.8) is 0 Å². The smallest absolute Gasteiger partial charge is 0.493 e. The van der Waals surface area contributed by atoms with Crippen LogP contribution in [-0.4, -0.2) is 38.0 Å². The quantitative estimate of drug-likeness (QED) is 0.267. The lowest BCUT2D eigenvalue weighted by molar-refractivity contribution is -0.274. The van der Waals surface area contributed by atoms with Gasteiger partial charge in [0.1, 0.15) is 11.5 Å². The maximum atomic E-state index is 12.4. The van der Waals surface area contributed by atoms with Crippen LogP contribution >= 0.6 is 0 Å². The fourth-order valence-electron chi connectivity index (χ4n) is 2.77. The molecule has 0 saturated carbocycles. The minimum atomic E-state index is -4.72. The highest BCUT2D eigenvalue weighted by atomic mass is 19.4. The first kappa shape index (κ1) is 22.9. The summed E-state index contributed by atoms with van der Waals surface area (Å²) in [5.74, 6) is 0.450. The molecule has 2 rings (SSSR count). The number of aryl methyl sites for hydroxylation is 2. The third-order valence-corrected chi connectivity index (χ3v) is 4.28. The first-order valence-corrected chi connectivity index (χ1v) is 9.28. The Kier molecular flexibility index (Phi) is 8.70. The lowest BCUT2D eigenvalue weighted by atomic mass is 10.0. The summed E-state index contributed by atoms with van der Waals surface area (Å²) in [5, 5.41) is 0. The molecule has 0 atom stereocenters. The molecule has 3 nitrogen and oxygen atoms in total. The van der Waals surface area contributed by atoms with Crippen LogP contribution in [0.1, 0.15) is 24.0 Å². The number of ether oxygens (including phenoxy) is 2. The van der Waals surface area contributed by atoms with Gasteiger partial charge in [-0.15, -0.1) is 13.2 Å². The Morgan fingerprint density at radius 1 is 0.966 bits per heavy atom. The molecule has 0 fully saturated rings. The highest BCUT2D eigenvalue weighted by molar-refractivity contribution is 5.35. The monoisotopic (exact) mass is 417 g/mol. The Bertz CT molecular complexity index is 752. The molecule has 0 amide bonds. The topological polar surface area (TPSA) is 21.7 Å². The molecule has 0 aliphatic rings. The van der Waals surface area contributed by atoms with Crippen molar-refractivity contribution >= 4 is 0 Å². The van der Waals surface area contributed by atoms with E-state index < -0.39 is 12.9 Å². The zero-order chi connectivity index (χ0) is 21.3. The van der Waals surface area contributed by atoms with E-state index in [0.717, 1.165) is 16.0 Å². The summed E-state index contributed by atoms with van der Waals surface area (Å²) in [6.07, 6.45) is -2.38. The van der Waals surface area contributed by atoms with Gasteiger partial charge in [-0.05, 0) is 62.1 Å². The van der Waals surface area contributed by atoms with Crippen molar-refractivity contribution < 1.29 is 31.4 Å². The SMILES string of the molecule is CN(CCCCOc1ccccc1CCc1cccc(OC(F)(F)F)c1)C(F)F. The van der Waals surface area contributed by atoms with Gasteiger partial charge in [0.25, 0.3) is 6.55 Å². The highest BCUT2D eigenvalue weighted by Crippen LogP contribution is 2.25. The lowest BCUT2D eigenvalue weighted by Gasteiger charge is -2.15. The number of rotatable bonds is 11. The first-order chi connectivity index (χ1) is 13.7. The molecule has 2 aromatic rings. The molecule has 0 aromatic heterocycles. The molecule has 0 spiro atoms. The van der Waals surface area contributed by atoms with E-state index in [1.54, 1.807) is 6.07 Å². The molecular formula is C21H24F5NO2. The highest BCUT2D eigenvalue weighted by Gasteiger charge is 2.31. The second kappa shape index (κ2) is 11.0. The van der Waals surface area contributed by atoms with E-state index in [4.69, 9.17) is 4.74 Å². The fraction of sp³-hybridized carbons (Fsp3) is 0.429. The summed E-state index contributed by atoms with van der Waals surface area (Å²) < 4.78 is 71.6. The minimum Gasteiger partial charge on any atom is -0.493 e. The maximum Gasteiger partial charge on any atom is 0.573 e. The average molecular weight is 417 g/mol. The van der Waals surface area contributed by atoms with E-state index in [0.29, 0.717) is 44.6 Å². The van der Waals surface area contributed by atoms with Crippen molar-refractivity contribution in [3.8, 4) is 11.5 Å². The first-order valence-electron chi connectivity index (χ1n) is 9.28. The third-order valence-electron chi connectivity index (χ3n) is 4.28. The Balaban J connectivity index is 1.85. The molecule has 0 unspecified atom stereocenters. The van der Waals surface area contributed by atoms with E-state index in [2.05, 4.69) is 4.74 Å². The summed E-state index contributed by atoms with van der Waals surface area (Å²) in [6, 6.07) is 13.3. The van der Waals surface area contributed by atoms with Gasteiger partial charge in [-0.2, -0.15) is 8.78 Å². The number of hydrogen-bond acceptors (Lipinski definition) is 3. The average Bonchev–Trinajstić information content (AvgIpc) is 2.65. The van der Waals surface area contributed by atoms with E-state index in [-0.39, 0.29) is 5.75 Å². The molecule has 0 aliphatic heterocycles. The summed E-state index contributed by atoms with van der Waals surface area (Å²) in [4.78, 5) is 0.977. The molecular weight excluding hydrogens is 393 g/mol. The molecule has 0 saturated heterocycles. The van der Waals surface area contributed by atoms with Crippen molar-refractivity contribution in [1.82, 2.24) is 4.90 Å². The fourth-order valence-corrected chi connectivity index (χ4v) is 2.77. The molecule has 160 valence electrons. The van der Waals surface area contributed by atoms with Crippen LogP contribution in [0.4, 0.5) is 22.0 Å². The third kappa shape index (κ3) is 8.68. The number of benzene rings is 2. The maximum absolute atomic E-state index is 12.4. The number of para-hydroxylation sites is 1. The van der Waals surface area contributed by atoms with Gasteiger partial charge in [0.2, 0.25) is 0 Å². The van der Waals surface area contributed by atoms with Crippen molar-refractivity contribution in [3.05, 3.63) is 59.7 Å². The number of hydrogen-bond donors (Lipinski definition) is 0. The zero-order valence-electron chi connectivity index (χ0n) is 16.1. The molecule has 29 heavy (non-hydrogen) atoms. The second-order valence-corrected chi connectivity index (χ2v) is 6.62. The van der Waals surface area contributed by atoms with Crippen molar-refractivity contribution in [2.75, 3.05) is 20.2 Å². The predicted molar refractivity (Wildman–Crippen MR) is 100 cm³/mol. The van der Waals surface area contributed by atoms with Crippen LogP contribution in [0, 0.1) is 0 Å². The van der Waals surface area contributed by atoms with Gasteiger partial charge >= 0.3 is 6.36 Å². The summed E-state index contributed by atoms with van der Waals surface area (Å²) in [5.41, 5.74) is 1.65. The van der Waals surface area contributed by atoms with Crippen LogP contribution < -0.4 is 9.47 Å². The van der Waals surface area contributed by atoms with Crippen LogP contribution in [0.3, 0.4) is 0 Å². The molecule has 0 radical (unpaired) electrons. The van der Waals surface area contributed by atoms with Gasteiger partial charge in [-0.25, -0.2) is 0 Å². The molecule has 0 aliphatic carbocycles. The standard InChI is InChI=1S/C21H24F5NO2/c1-27(20(22)23)13-4-5-14-28-19-10-3-2-8-17(19)12-11-16-7-6-9-18(15-16)29-21(24,25)26/h2-3,6-10,15,20H,4-5,11-14H2,1H3. The van der Waals surface area contributed by atoms with E-state index >= 15 is 0 Å². The van der Waals surface area contributed by atoms with Gasteiger partial charge in [-0.3, -0.25) is 4.90 Å². The van der Waals surface area contributed by atoms with Gasteiger partial charge < -0.3 is 9.47 Å². The minimum absolute atomic E-state index is 0.242. The van der Waals surface area contributed by atoms with E-state index in [1.165, 1.54) is 25.2 Å². The number of halogens is 5. The molecule has 8 heteroatoms. The van der Waals surface area contributed by atoms with Gasteiger partial charge in [0.05, 0.1) is 6.61 Å². The van der Waals surface area contributed by atoms with Crippen molar-refractivity contribution in [2.24, 2.45) is 0 Å². The number of alkyl halides is 5. The molecule has 0 N–H and O–H groups in total. The zero-order valence-corrected chi connectivity index (χ0v) is 16.1. The summed E-state index contributed by atoms with van der Waals surface area (Å²) >= 11 is 0. The molecule has 0 heterocycles. The Hall–Kier alpha value is -2.35. The summed E-state index contributed by atoms with van der Waals surface area (Å²) in [6.45, 7) is -1.76. The lowest BCUT2D eigenvalue weighted by Crippen LogP contribution is -2.25. The van der Waals surface area contributed by atoms with Crippen LogP contribution in [-0.2, 0) is 12.8 Å². The van der Waals surface area contributed by atoms with E-state index in [1.807, 2.05) is 24.3 Å². The number of unbranched alkanes of at least 4 members (excludes halogenated alkanes) is 1. The molecule has 0 bridgehead atoms. The largest absolute Gasteiger partial charge is 0.573 e. The molecule has 2 aromatic carbocycles. The summed E-state index contributed by atoms with van der Waals surface area (Å²) in [7, 11) is 1.37. The van der Waals surface area contributed by atoms with Crippen LogP contribution in [0.5, 0.6) is 11.5 Å². The second-order valence-electron chi connectivity index (χ2n) is 6.62. The Morgan fingerprint density at radius 3 is 2.45 bits per heavy atom. The predicted octanol–water partition coefficient (Wildman–Crippen LogP) is 5.68. The Morgan fingerprint density at radius 2 is 1.72 bits per heavy atom. The van der Waals surface area contributed by atoms with Gasteiger partial charge in [0.15, 0.2) is 0 Å². The normalized spacial score (nSPS) is 11.9. The van der Waals surface area contributed by atoms with E-state index in [9.17, 15) is 22.0 Å². The van der Waals surface area contributed by atoms with Gasteiger partial charge in [0, 0.05) is 6.54 Å². The van der Waals surface area contributed by atoms with Crippen molar-refractivity contribution in [2.45, 2.75) is 38.6 Å². The van der Waals surface area contributed by atoms with Gasteiger partial charge in [-0.1, -0.05) is 30.3 Å². The van der Waals surface area contributed by atoms with Crippen LogP contribution in [0.25, 0.3) is 0 Å². The number of nitrogens with zero attached hydrogens (tertiary/aromatic N) is 1. The van der Waals surface area contributed by atoms with Crippen LogP contribution in [0.15, 0.2) is 48.5 Å². The van der Waals surface area contributed by atoms with Crippen molar-refractivity contribution in [1.29, 1.82) is 0 Å². The Labute approximate surface area is 167 Å². The van der Waals surface area contributed by atoms with Crippen LogP contribution in [0.2, 0.25) is 0 Å².